The van der Waals surface area contributed by atoms with Crippen molar-refractivity contribution in [3.63, 3.8) is 0 Å². The molecule has 1 aliphatic carbocycles. The largest absolute Gasteiger partial charge is 0.353 e. The maximum absolute atomic E-state index is 13.6. The molecule has 1 aromatic carbocycles. The molecule has 0 atom stereocenters. The van der Waals surface area contributed by atoms with Gasteiger partial charge in [-0.3, -0.25) is 9.59 Å². The van der Waals surface area contributed by atoms with Crippen molar-refractivity contribution in [2.24, 2.45) is 7.05 Å². The number of carbonyl (C=O) groups excluding carboxylic acids is 2. The summed E-state index contributed by atoms with van der Waals surface area (Å²) in [5.41, 5.74) is 0.0185. The molecule has 1 fully saturated rings. The van der Waals surface area contributed by atoms with Gasteiger partial charge in [-0.1, -0.05) is 36.7 Å². The van der Waals surface area contributed by atoms with E-state index in [1.807, 2.05) is 11.6 Å². The zero-order chi connectivity index (χ0) is 19.9. The molecule has 1 aliphatic rings. The highest BCUT2D eigenvalue weighted by Crippen LogP contribution is 2.19. The third kappa shape index (κ3) is 5.31. The van der Waals surface area contributed by atoms with Crippen LogP contribution in [0.2, 0.25) is 0 Å². The molecular weight excluding hydrogens is 381 g/mol. The smallest absolute Gasteiger partial charge is 0.254 e. The molecule has 28 heavy (non-hydrogen) atoms. The van der Waals surface area contributed by atoms with Crippen LogP contribution in [-0.4, -0.2) is 44.9 Å². The Balaban J connectivity index is 1.44. The zero-order valence-corrected chi connectivity index (χ0v) is 16.6. The van der Waals surface area contributed by atoms with Gasteiger partial charge in [-0.05, 0) is 25.0 Å². The molecule has 1 aromatic heterocycles. The first kappa shape index (κ1) is 20.3. The van der Waals surface area contributed by atoms with Gasteiger partial charge >= 0.3 is 0 Å². The standard InChI is InChI=1S/C19H24FN5O2S/c1-25-16(10-11-21-18(27)14-8-4-5-9-15(14)20)23-24-19(25)28-12-17(26)22-13-6-2-3-7-13/h4-5,8-9,13H,2-3,6-7,10-12H2,1H3,(H,21,27)(H,22,26). The third-order valence-corrected chi connectivity index (χ3v) is 5.75. The summed E-state index contributed by atoms with van der Waals surface area (Å²) in [6.45, 7) is 0.311. The first-order valence-corrected chi connectivity index (χ1v) is 10.4. The molecule has 2 aromatic rings. The number of rotatable bonds is 8. The van der Waals surface area contributed by atoms with E-state index in [2.05, 4.69) is 20.8 Å². The van der Waals surface area contributed by atoms with Crippen LogP contribution >= 0.6 is 11.8 Å². The summed E-state index contributed by atoms with van der Waals surface area (Å²) in [5, 5.41) is 14.6. The number of thioether (sulfide) groups is 1. The Morgan fingerprint density at radius 1 is 1.25 bits per heavy atom. The molecule has 1 heterocycles. The Morgan fingerprint density at radius 2 is 2.00 bits per heavy atom. The van der Waals surface area contributed by atoms with E-state index in [-0.39, 0.29) is 11.5 Å². The van der Waals surface area contributed by atoms with Crippen LogP contribution in [0.15, 0.2) is 29.4 Å². The molecule has 0 bridgehead atoms. The zero-order valence-electron chi connectivity index (χ0n) is 15.8. The average molecular weight is 405 g/mol. The molecule has 2 amide bonds. The number of amides is 2. The van der Waals surface area contributed by atoms with Crippen LogP contribution in [0.5, 0.6) is 0 Å². The van der Waals surface area contributed by atoms with Gasteiger partial charge in [0.25, 0.3) is 5.91 Å². The Kier molecular flexibility index (Phi) is 7.02. The lowest BCUT2D eigenvalue weighted by molar-refractivity contribution is -0.119. The normalized spacial score (nSPS) is 14.2. The Labute approximate surface area is 167 Å². The first-order chi connectivity index (χ1) is 13.5. The summed E-state index contributed by atoms with van der Waals surface area (Å²) in [6.07, 6.45) is 4.93. The number of benzene rings is 1. The van der Waals surface area contributed by atoms with E-state index in [9.17, 15) is 14.0 Å². The van der Waals surface area contributed by atoms with Gasteiger partial charge in [0.15, 0.2) is 5.16 Å². The van der Waals surface area contributed by atoms with Crippen molar-refractivity contribution in [1.82, 2.24) is 25.4 Å². The van der Waals surface area contributed by atoms with Crippen LogP contribution in [0.25, 0.3) is 0 Å². The average Bonchev–Trinajstić information content (AvgIpc) is 3.31. The van der Waals surface area contributed by atoms with Crippen molar-refractivity contribution in [3.8, 4) is 0 Å². The second-order valence-electron chi connectivity index (χ2n) is 6.78. The minimum Gasteiger partial charge on any atom is -0.353 e. The summed E-state index contributed by atoms with van der Waals surface area (Å²) in [4.78, 5) is 24.1. The van der Waals surface area contributed by atoms with E-state index in [0.717, 1.165) is 12.8 Å². The molecule has 3 rings (SSSR count). The second-order valence-corrected chi connectivity index (χ2v) is 7.72. The molecule has 0 spiro atoms. The topological polar surface area (TPSA) is 88.9 Å². The van der Waals surface area contributed by atoms with Crippen LogP contribution in [-0.2, 0) is 18.3 Å². The van der Waals surface area contributed by atoms with Crippen LogP contribution < -0.4 is 10.6 Å². The van der Waals surface area contributed by atoms with Crippen LogP contribution in [0.4, 0.5) is 4.39 Å². The highest BCUT2D eigenvalue weighted by atomic mass is 32.2. The molecule has 0 unspecified atom stereocenters. The van der Waals surface area contributed by atoms with Gasteiger partial charge in [-0.25, -0.2) is 4.39 Å². The van der Waals surface area contributed by atoms with E-state index in [0.29, 0.717) is 35.7 Å². The molecule has 1 saturated carbocycles. The highest BCUT2D eigenvalue weighted by molar-refractivity contribution is 7.99. The quantitative estimate of drug-likeness (QED) is 0.657. The maximum atomic E-state index is 13.6. The minimum atomic E-state index is -0.548. The highest BCUT2D eigenvalue weighted by Gasteiger charge is 2.18. The number of halogens is 1. The summed E-state index contributed by atoms with van der Waals surface area (Å²) in [7, 11) is 1.82. The minimum absolute atomic E-state index is 0.0126. The van der Waals surface area contributed by atoms with E-state index < -0.39 is 11.7 Å². The van der Waals surface area contributed by atoms with Gasteiger partial charge in [-0.2, -0.15) is 0 Å². The monoisotopic (exact) mass is 405 g/mol. The van der Waals surface area contributed by atoms with E-state index >= 15 is 0 Å². The van der Waals surface area contributed by atoms with Crippen molar-refractivity contribution >= 4 is 23.6 Å². The van der Waals surface area contributed by atoms with Gasteiger partial charge in [0.1, 0.15) is 11.6 Å². The summed E-state index contributed by atoms with van der Waals surface area (Å²) >= 11 is 1.34. The Hall–Kier alpha value is -2.42. The van der Waals surface area contributed by atoms with Gasteiger partial charge in [0.2, 0.25) is 5.91 Å². The van der Waals surface area contributed by atoms with Crippen LogP contribution in [0.1, 0.15) is 41.9 Å². The lowest BCUT2D eigenvalue weighted by Gasteiger charge is -2.11. The van der Waals surface area contributed by atoms with Crippen molar-refractivity contribution < 1.29 is 14.0 Å². The third-order valence-electron chi connectivity index (χ3n) is 4.73. The van der Waals surface area contributed by atoms with Crippen molar-refractivity contribution in [1.29, 1.82) is 0 Å². The second kappa shape index (κ2) is 9.68. The van der Waals surface area contributed by atoms with Crippen molar-refractivity contribution in [2.45, 2.75) is 43.3 Å². The molecule has 7 nitrogen and oxygen atoms in total. The maximum Gasteiger partial charge on any atom is 0.254 e. The molecule has 150 valence electrons. The molecule has 0 radical (unpaired) electrons. The predicted molar refractivity (Wildman–Crippen MR) is 105 cm³/mol. The predicted octanol–water partition coefficient (Wildman–Crippen LogP) is 2.08. The van der Waals surface area contributed by atoms with Gasteiger partial charge < -0.3 is 15.2 Å². The molecular formula is C19H24FN5O2S. The number of nitrogens with zero attached hydrogens (tertiary/aromatic N) is 3. The van der Waals surface area contributed by atoms with Gasteiger partial charge in [0, 0.05) is 26.1 Å². The fraction of sp³-hybridized carbons (Fsp3) is 0.474. The molecule has 0 saturated heterocycles. The van der Waals surface area contributed by atoms with E-state index in [1.54, 1.807) is 12.1 Å². The number of hydrogen-bond donors (Lipinski definition) is 2. The fourth-order valence-electron chi connectivity index (χ4n) is 3.19. The van der Waals surface area contributed by atoms with E-state index in [1.165, 1.54) is 36.7 Å². The Morgan fingerprint density at radius 3 is 2.75 bits per heavy atom. The molecule has 0 aliphatic heterocycles. The number of carbonyl (C=O) groups is 2. The summed E-state index contributed by atoms with van der Waals surface area (Å²) < 4.78 is 15.4. The number of aromatic nitrogens is 3. The van der Waals surface area contributed by atoms with Crippen LogP contribution in [0, 0.1) is 5.82 Å². The van der Waals surface area contributed by atoms with Gasteiger partial charge in [-0.15, -0.1) is 10.2 Å². The van der Waals surface area contributed by atoms with Crippen LogP contribution in [0.3, 0.4) is 0 Å². The number of hydrogen-bond acceptors (Lipinski definition) is 5. The lowest BCUT2D eigenvalue weighted by atomic mass is 10.2. The summed E-state index contributed by atoms with van der Waals surface area (Å²) in [5.74, 6) is -0.00947. The molecule has 2 N–H and O–H groups in total. The summed E-state index contributed by atoms with van der Waals surface area (Å²) in [6, 6.07) is 6.16. The van der Waals surface area contributed by atoms with E-state index in [4.69, 9.17) is 0 Å². The SMILES string of the molecule is Cn1c(CCNC(=O)c2ccccc2F)nnc1SCC(=O)NC1CCCC1. The fourth-order valence-corrected chi connectivity index (χ4v) is 3.93. The Bertz CT molecular complexity index is 835. The van der Waals surface area contributed by atoms with Crippen molar-refractivity contribution in [2.75, 3.05) is 12.3 Å². The molecule has 9 heteroatoms. The first-order valence-electron chi connectivity index (χ1n) is 9.37. The van der Waals surface area contributed by atoms with Gasteiger partial charge in [0.05, 0.1) is 11.3 Å². The van der Waals surface area contributed by atoms with Crippen molar-refractivity contribution in [3.05, 3.63) is 41.5 Å². The number of nitrogens with one attached hydrogen (secondary N) is 2. The lowest BCUT2D eigenvalue weighted by Crippen LogP contribution is -2.33.